The van der Waals surface area contributed by atoms with Crippen LogP contribution >= 0.6 is 0 Å². The van der Waals surface area contributed by atoms with E-state index < -0.39 is 0 Å². The SMILES string of the molecule is CN(Cc1ccccc1)c1ccccc1[N+](=O)[O-]. The van der Waals surface area contributed by atoms with E-state index in [0.29, 0.717) is 12.2 Å². The summed E-state index contributed by atoms with van der Waals surface area (Å²) in [7, 11) is 1.86. The van der Waals surface area contributed by atoms with Gasteiger partial charge in [0.05, 0.1) is 4.92 Å². The largest absolute Gasteiger partial charge is 0.365 e. The number of rotatable bonds is 4. The maximum Gasteiger partial charge on any atom is 0.292 e. The number of anilines is 1. The highest BCUT2D eigenvalue weighted by Gasteiger charge is 2.15. The molecule has 0 spiro atoms. The first-order valence-corrected chi connectivity index (χ1v) is 5.67. The molecule has 4 heteroatoms. The number of benzene rings is 2. The van der Waals surface area contributed by atoms with Gasteiger partial charge in [-0.15, -0.1) is 0 Å². The summed E-state index contributed by atoms with van der Waals surface area (Å²) in [4.78, 5) is 12.5. The molecule has 0 aromatic heterocycles. The van der Waals surface area contributed by atoms with E-state index in [9.17, 15) is 10.1 Å². The second-order valence-electron chi connectivity index (χ2n) is 4.09. The van der Waals surface area contributed by atoms with Gasteiger partial charge in [-0.05, 0) is 11.6 Å². The number of nitro benzene ring substituents is 1. The second-order valence-corrected chi connectivity index (χ2v) is 4.09. The number of hydrogen-bond donors (Lipinski definition) is 0. The van der Waals surface area contributed by atoms with Crippen molar-refractivity contribution in [2.45, 2.75) is 6.54 Å². The third kappa shape index (κ3) is 2.66. The first-order valence-electron chi connectivity index (χ1n) is 5.67. The second kappa shape index (κ2) is 5.31. The van der Waals surface area contributed by atoms with Crippen LogP contribution in [-0.4, -0.2) is 12.0 Å². The van der Waals surface area contributed by atoms with Crippen molar-refractivity contribution in [2.75, 3.05) is 11.9 Å². The summed E-state index contributed by atoms with van der Waals surface area (Å²) in [5, 5.41) is 11.0. The average molecular weight is 242 g/mol. The molecule has 0 aliphatic carbocycles. The van der Waals surface area contributed by atoms with Crippen LogP contribution in [0.2, 0.25) is 0 Å². The highest BCUT2D eigenvalue weighted by molar-refractivity contribution is 5.62. The van der Waals surface area contributed by atoms with E-state index in [0.717, 1.165) is 5.56 Å². The quantitative estimate of drug-likeness (QED) is 0.610. The zero-order valence-corrected chi connectivity index (χ0v) is 10.1. The predicted octanol–water partition coefficient (Wildman–Crippen LogP) is 3.23. The molecule has 0 heterocycles. The topological polar surface area (TPSA) is 46.4 Å². The molecule has 0 bridgehead atoms. The molecular formula is C14H14N2O2. The summed E-state index contributed by atoms with van der Waals surface area (Å²) in [6, 6.07) is 16.7. The third-order valence-electron chi connectivity index (χ3n) is 2.75. The van der Waals surface area contributed by atoms with Gasteiger partial charge >= 0.3 is 0 Å². The van der Waals surface area contributed by atoms with Crippen LogP contribution in [0.5, 0.6) is 0 Å². The summed E-state index contributed by atoms with van der Waals surface area (Å²) in [6.45, 7) is 0.645. The molecular weight excluding hydrogens is 228 g/mol. The number of para-hydroxylation sites is 2. The molecule has 0 fully saturated rings. The Morgan fingerprint density at radius 2 is 1.67 bits per heavy atom. The number of nitro groups is 1. The molecule has 0 amide bonds. The summed E-state index contributed by atoms with van der Waals surface area (Å²) in [5.41, 5.74) is 1.89. The van der Waals surface area contributed by atoms with Crippen molar-refractivity contribution in [3.8, 4) is 0 Å². The number of hydrogen-bond acceptors (Lipinski definition) is 3. The molecule has 2 aromatic carbocycles. The van der Waals surface area contributed by atoms with Gasteiger partial charge in [0.25, 0.3) is 5.69 Å². The Morgan fingerprint density at radius 3 is 2.33 bits per heavy atom. The van der Waals surface area contributed by atoms with E-state index in [1.165, 1.54) is 6.07 Å². The van der Waals surface area contributed by atoms with Gasteiger partial charge in [-0.1, -0.05) is 42.5 Å². The van der Waals surface area contributed by atoms with Crippen molar-refractivity contribution in [1.82, 2.24) is 0 Å². The van der Waals surface area contributed by atoms with Crippen LogP contribution in [0.15, 0.2) is 54.6 Å². The van der Waals surface area contributed by atoms with Gasteiger partial charge in [0.2, 0.25) is 0 Å². The molecule has 4 nitrogen and oxygen atoms in total. The Morgan fingerprint density at radius 1 is 1.06 bits per heavy atom. The first kappa shape index (κ1) is 12.1. The van der Waals surface area contributed by atoms with Gasteiger partial charge in [-0.25, -0.2) is 0 Å². The monoisotopic (exact) mass is 242 g/mol. The van der Waals surface area contributed by atoms with Crippen molar-refractivity contribution in [3.05, 3.63) is 70.3 Å². The zero-order chi connectivity index (χ0) is 13.0. The molecule has 0 unspecified atom stereocenters. The van der Waals surface area contributed by atoms with Crippen molar-refractivity contribution < 1.29 is 4.92 Å². The highest BCUT2D eigenvalue weighted by atomic mass is 16.6. The van der Waals surface area contributed by atoms with Gasteiger partial charge in [0.1, 0.15) is 5.69 Å². The molecule has 0 aliphatic heterocycles. The highest BCUT2D eigenvalue weighted by Crippen LogP contribution is 2.27. The molecule has 0 atom stereocenters. The van der Waals surface area contributed by atoms with Crippen LogP contribution in [-0.2, 0) is 6.54 Å². The summed E-state index contributed by atoms with van der Waals surface area (Å²) in [6.07, 6.45) is 0. The van der Waals surface area contributed by atoms with E-state index in [1.54, 1.807) is 12.1 Å². The smallest absolute Gasteiger partial charge is 0.292 e. The first-order chi connectivity index (χ1) is 8.68. The minimum Gasteiger partial charge on any atom is -0.365 e. The minimum absolute atomic E-state index is 0.135. The molecule has 0 saturated heterocycles. The van der Waals surface area contributed by atoms with Crippen molar-refractivity contribution in [2.24, 2.45) is 0 Å². The Bertz CT molecular complexity index is 541. The molecule has 2 rings (SSSR count). The maximum atomic E-state index is 11.0. The van der Waals surface area contributed by atoms with Gasteiger partial charge < -0.3 is 4.90 Å². The van der Waals surface area contributed by atoms with Crippen LogP contribution in [0.3, 0.4) is 0 Å². The number of nitrogens with zero attached hydrogens (tertiary/aromatic N) is 2. The van der Waals surface area contributed by atoms with Crippen LogP contribution in [0.25, 0.3) is 0 Å². The Hall–Kier alpha value is -2.36. The average Bonchev–Trinajstić information content (AvgIpc) is 2.40. The lowest BCUT2D eigenvalue weighted by molar-refractivity contribution is -0.384. The molecule has 0 radical (unpaired) electrons. The Balaban J connectivity index is 2.24. The third-order valence-corrected chi connectivity index (χ3v) is 2.75. The van der Waals surface area contributed by atoms with Gasteiger partial charge in [-0.2, -0.15) is 0 Å². The molecule has 18 heavy (non-hydrogen) atoms. The summed E-state index contributed by atoms with van der Waals surface area (Å²) < 4.78 is 0. The summed E-state index contributed by atoms with van der Waals surface area (Å²) in [5.74, 6) is 0. The van der Waals surface area contributed by atoms with E-state index in [1.807, 2.05) is 48.3 Å². The van der Waals surface area contributed by atoms with Gasteiger partial charge in [0, 0.05) is 19.7 Å². The minimum atomic E-state index is -0.350. The summed E-state index contributed by atoms with van der Waals surface area (Å²) >= 11 is 0. The Labute approximate surface area is 106 Å². The molecule has 2 aromatic rings. The van der Waals surface area contributed by atoms with Crippen molar-refractivity contribution >= 4 is 11.4 Å². The van der Waals surface area contributed by atoms with Crippen LogP contribution in [0.4, 0.5) is 11.4 Å². The molecule has 92 valence electrons. The molecule has 0 aliphatic rings. The predicted molar refractivity (Wildman–Crippen MR) is 71.6 cm³/mol. The standard InChI is InChI=1S/C14H14N2O2/c1-15(11-12-7-3-2-4-8-12)13-9-5-6-10-14(13)16(17)18/h2-10H,11H2,1H3. The van der Waals surface area contributed by atoms with Crippen LogP contribution < -0.4 is 4.90 Å². The van der Waals surface area contributed by atoms with Crippen LogP contribution in [0, 0.1) is 10.1 Å². The zero-order valence-electron chi connectivity index (χ0n) is 10.1. The fourth-order valence-electron chi connectivity index (χ4n) is 1.88. The normalized spacial score (nSPS) is 10.1. The van der Waals surface area contributed by atoms with E-state index >= 15 is 0 Å². The van der Waals surface area contributed by atoms with E-state index in [2.05, 4.69) is 0 Å². The lowest BCUT2D eigenvalue weighted by Gasteiger charge is -2.19. The van der Waals surface area contributed by atoms with Crippen molar-refractivity contribution in [3.63, 3.8) is 0 Å². The fourth-order valence-corrected chi connectivity index (χ4v) is 1.88. The lowest BCUT2D eigenvalue weighted by Crippen LogP contribution is -2.17. The van der Waals surface area contributed by atoms with Gasteiger partial charge in [-0.3, -0.25) is 10.1 Å². The van der Waals surface area contributed by atoms with Crippen LogP contribution in [0.1, 0.15) is 5.56 Å². The molecule has 0 saturated carbocycles. The molecule has 0 N–H and O–H groups in total. The van der Waals surface area contributed by atoms with E-state index in [4.69, 9.17) is 0 Å². The maximum absolute atomic E-state index is 11.0. The van der Waals surface area contributed by atoms with Crippen molar-refractivity contribution in [1.29, 1.82) is 0 Å². The lowest BCUT2D eigenvalue weighted by atomic mass is 10.2. The van der Waals surface area contributed by atoms with Gasteiger partial charge in [0.15, 0.2) is 0 Å². The fraction of sp³-hybridized carbons (Fsp3) is 0.143. The Kier molecular flexibility index (Phi) is 3.57. The van der Waals surface area contributed by atoms with E-state index in [-0.39, 0.29) is 10.6 Å².